The van der Waals surface area contributed by atoms with E-state index in [2.05, 4.69) is 15.8 Å². The Bertz CT molecular complexity index is 181. The summed E-state index contributed by atoms with van der Waals surface area (Å²) in [7, 11) is 1.60. The molecule has 6 heteroatoms. The summed E-state index contributed by atoms with van der Waals surface area (Å²) in [6, 6.07) is 0. The monoisotopic (exact) mass is 188 g/mol. The van der Waals surface area contributed by atoms with E-state index in [1.807, 2.05) is 0 Å². The lowest BCUT2D eigenvalue weighted by molar-refractivity contribution is -0.120. The van der Waals surface area contributed by atoms with E-state index in [1.165, 1.54) is 0 Å². The maximum absolute atomic E-state index is 10.7. The van der Waals surface area contributed by atoms with Gasteiger partial charge in [0.2, 0.25) is 5.91 Å². The number of amides is 1. The third-order valence-corrected chi connectivity index (χ3v) is 1.49. The molecule has 0 aliphatic carbocycles. The van der Waals surface area contributed by atoms with Crippen molar-refractivity contribution in [3.05, 3.63) is 0 Å². The normalized spacial score (nSPS) is 11.3. The van der Waals surface area contributed by atoms with Gasteiger partial charge in [-0.15, -0.1) is 0 Å². The van der Waals surface area contributed by atoms with Crippen LogP contribution in [0.3, 0.4) is 0 Å². The molecule has 1 amide bonds. The molecule has 0 bridgehead atoms. The molecule has 0 rings (SSSR count). The molecule has 0 saturated carbocycles. The van der Waals surface area contributed by atoms with E-state index in [0.29, 0.717) is 25.9 Å². The van der Waals surface area contributed by atoms with E-state index in [0.717, 1.165) is 0 Å². The first-order valence-electron chi connectivity index (χ1n) is 4.08. The number of oxime groups is 1. The topological polar surface area (TPSA) is 99.7 Å². The number of rotatable bonds is 6. The molecule has 0 saturated heterocycles. The third-order valence-electron chi connectivity index (χ3n) is 1.49. The maximum Gasteiger partial charge on any atom is 0.221 e. The number of hydrogen-bond acceptors (Lipinski definition) is 4. The molecule has 0 aromatic heterocycles. The fourth-order valence-corrected chi connectivity index (χ4v) is 0.718. The highest BCUT2D eigenvalue weighted by Crippen LogP contribution is 1.79. The van der Waals surface area contributed by atoms with Crippen LogP contribution >= 0.6 is 0 Å². The fraction of sp³-hybridized carbons (Fsp3) is 0.714. The minimum atomic E-state index is -0.00343. The van der Waals surface area contributed by atoms with Crippen molar-refractivity contribution >= 4 is 11.7 Å². The number of carbonyl (C=O) groups is 1. The first-order chi connectivity index (χ1) is 6.20. The van der Waals surface area contributed by atoms with E-state index in [-0.39, 0.29) is 11.7 Å². The largest absolute Gasteiger partial charge is 0.409 e. The lowest BCUT2D eigenvalue weighted by Crippen LogP contribution is -2.27. The predicted octanol–water partition coefficient (Wildman–Crippen LogP) is -1.15. The van der Waals surface area contributed by atoms with Crippen LogP contribution < -0.4 is 16.4 Å². The molecular weight excluding hydrogens is 172 g/mol. The Hall–Kier alpha value is -1.30. The van der Waals surface area contributed by atoms with Crippen LogP contribution in [0.25, 0.3) is 0 Å². The van der Waals surface area contributed by atoms with E-state index < -0.39 is 0 Å². The molecule has 0 aromatic rings. The van der Waals surface area contributed by atoms with Crippen LogP contribution in [-0.2, 0) is 4.79 Å². The zero-order valence-corrected chi connectivity index (χ0v) is 7.71. The second kappa shape index (κ2) is 7.35. The number of nitrogens with one attached hydrogen (secondary N) is 2. The molecule has 0 spiro atoms. The average molecular weight is 188 g/mol. The standard InChI is InChI=1S/C7H16N4O2/c1-9-7(12)3-5-10-4-2-6(8)11-13/h10,13H,2-5H2,1H3,(H2,8,11)(H,9,12). The van der Waals surface area contributed by atoms with E-state index in [9.17, 15) is 4.79 Å². The summed E-state index contributed by atoms with van der Waals surface area (Å²) in [6.07, 6.45) is 0.914. The van der Waals surface area contributed by atoms with Crippen LogP contribution in [0.15, 0.2) is 5.16 Å². The lowest BCUT2D eigenvalue weighted by atomic mass is 10.3. The molecule has 0 atom stereocenters. The minimum absolute atomic E-state index is 0.00343. The average Bonchev–Trinajstić information content (AvgIpc) is 2.16. The molecular formula is C7H16N4O2. The molecule has 0 heterocycles. The van der Waals surface area contributed by atoms with Crippen LogP contribution in [0.4, 0.5) is 0 Å². The van der Waals surface area contributed by atoms with Gasteiger partial charge in [-0.05, 0) is 0 Å². The van der Waals surface area contributed by atoms with Crippen LogP contribution in [0.5, 0.6) is 0 Å². The van der Waals surface area contributed by atoms with Gasteiger partial charge in [0.1, 0.15) is 5.84 Å². The summed E-state index contributed by atoms with van der Waals surface area (Å²) < 4.78 is 0. The first kappa shape index (κ1) is 11.7. The van der Waals surface area contributed by atoms with E-state index in [4.69, 9.17) is 10.9 Å². The zero-order valence-electron chi connectivity index (χ0n) is 7.71. The molecule has 0 radical (unpaired) electrons. The van der Waals surface area contributed by atoms with Gasteiger partial charge in [0.05, 0.1) is 0 Å². The summed E-state index contributed by atoms with van der Waals surface area (Å²) in [5.74, 6) is 0.184. The Kier molecular flexibility index (Phi) is 6.62. The van der Waals surface area contributed by atoms with Crippen molar-refractivity contribution < 1.29 is 10.0 Å². The van der Waals surface area contributed by atoms with Gasteiger partial charge in [0, 0.05) is 33.0 Å². The van der Waals surface area contributed by atoms with Gasteiger partial charge < -0.3 is 21.6 Å². The molecule has 5 N–H and O–H groups in total. The van der Waals surface area contributed by atoms with Crippen LogP contribution in [0, 0.1) is 0 Å². The summed E-state index contributed by atoms with van der Waals surface area (Å²) in [5.41, 5.74) is 5.22. The van der Waals surface area contributed by atoms with Crippen LogP contribution in [-0.4, -0.2) is 37.1 Å². The van der Waals surface area contributed by atoms with Gasteiger partial charge in [0.15, 0.2) is 0 Å². The number of hydrogen-bond donors (Lipinski definition) is 4. The van der Waals surface area contributed by atoms with Gasteiger partial charge in [-0.25, -0.2) is 0 Å². The fourth-order valence-electron chi connectivity index (χ4n) is 0.718. The number of nitrogens with zero attached hydrogens (tertiary/aromatic N) is 1. The molecule has 6 nitrogen and oxygen atoms in total. The number of amidine groups is 1. The predicted molar refractivity (Wildman–Crippen MR) is 49.6 cm³/mol. The highest BCUT2D eigenvalue weighted by atomic mass is 16.4. The van der Waals surface area contributed by atoms with Crippen molar-refractivity contribution in [1.82, 2.24) is 10.6 Å². The Morgan fingerprint density at radius 2 is 2.08 bits per heavy atom. The maximum atomic E-state index is 10.7. The van der Waals surface area contributed by atoms with Crippen molar-refractivity contribution in [1.29, 1.82) is 0 Å². The van der Waals surface area contributed by atoms with Gasteiger partial charge in [-0.1, -0.05) is 5.16 Å². The zero-order chi connectivity index (χ0) is 10.1. The van der Waals surface area contributed by atoms with E-state index >= 15 is 0 Å². The number of nitrogens with two attached hydrogens (primary N) is 1. The Balaban J connectivity index is 3.22. The van der Waals surface area contributed by atoms with Crippen molar-refractivity contribution in [2.45, 2.75) is 12.8 Å². The lowest BCUT2D eigenvalue weighted by Gasteiger charge is -2.02. The highest BCUT2D eigenvalue weighted by molar-refractivity contribution is 5.79. The SMILES string of the molecule is CNC(=O)CCNCCC(N)=NO. The van der Waals surface area contributed by atoms with Crippen molar-refractivity contribution in [3.63, 3.8) is 0 Å². The molecule has 0 aliphatic rings. The van der Waals surface area contributed by atoms with Gasteiger partial charge in [-0.2, -0.15) is 0 Å². The van der Waals surface area contributed by atoms with Crippen molar-refractivity contribution in [2.24, 2.45) is 10.9 Å². The third kappa shape index (κ3) is 7.07. The summed E-state index contributed by atoms with van der Waals surface area (Å²) in [5, 5.41) is 16.5. The second-order valence-corrected chi connectivity index (χ2v) is 2.51. The Labute approximate surface area is 77.2 Å². The molecule has 13 heavy (non-hydrogen) atoms. The molecule has 76 valence electrons. The molecule has 0 unspecified atom stereocenters. The van der Waals surface area contributed by atoms with Gasteiger partial charge >= 0.3 is 0 Å². The molecule has 0 aliphatic heterocycles. The minimum Gasteiger partial charge on any atom is -0.409 e. The highest BCUT2D eigenvalue weighted by Gasteiger charge is 1.96. The molecule has 0 aromatic carbocycles. The first-order valence-corrected chi connectivity index (χ1v) is 4.08. The van der Waals surface area contributed by atoms with Crippen molar-refractivity contribution in [3.8, 4) is 0 Å². The second-order valence-electron chi connectivity index (χ2n) is 2.51. The Morgan fingerprint density at radius 1 is 1.46 bits per heavy atom. The number of carbonyl (C=O) groups excluding carboxylic acids is 1. The van der Waals surface area contributed by atoms with Crippen molar-refractivity contribution in [2.75, 3.05) is 20.1 Å². The Morgan fingerprint density at radius 3 is 2.62 bits per heavy atom. The van der Waals surface area contributed by atoms with Gasteiger partial charge in [-0.3, -0.25) is 4.79 Å². The summed E-state index contributed by atoms with van der Waals surface area (Å²) >= 11 is 0. The van der Waals surface area contributed by atoms with Crippen LogP contribution in [0.2, 0.25) is 0 Å². The van der Waals surface area contributed by atoms with Crippen LogP contribution in [0.1, 0.15) is 12.8 Å². The summed E-state index contributed by atoms with van der Waals surface area (Å²) in [6.45, 7) is 1.20. The molecule has 0 fully saturated rings. The van der Waals surface area contributed by atoms with Gasteiger partial charge in [0.25, 0.3) is 0 Å². The smallest absolute Gasteiger partial charge is 0.221 e. The quantitative estimate of drug-likeness (QED) is 0.139. The van der Waals surface area contributed by atoms with E-state index in [1.54, 1.807) is 7.05 Å². The summed E-state index contributed by atoms with van der Waals surface area (Å²) in [4.78, 5) is 10.7.